The summed E-state index contributed by atoms with van der Waals surface area (Å²) in [6, 6.07) is 3.71. The molecule has 0 aliphatic rings. The zero-order valence-corrected chi connectivity index (χ0v) is 14.7. The second-order valence-electron chi connectivity index (χ2n) is 6.14. The van der Waals surface area contributed by atoms with E-state index < -0.39 is 22.9 Å². The first-order chi connectivity index (χ1) is 10.4. The quantitative estimate of drug-likeness (QED) is 0.681. The van der Waals surface area contributed by atoms with E-state index in [1.165, 1.54) is 24.2 Å². The molecule has 128 valence electrons. The second kappa shape index (κ2) is 7.28. The zero-order chi connectivity index (χ0) is 17.9. The van der Waals surface area contributed by atoms with Crippen LogP contribution >= 0.6 is 11.6 Å². The van der Waals surface area contributed by atoms with Gasteiger partial charge in [0.2, 0.25) is 0 Å². The molecule has 0 aliphatic carbocycles. The molecular weight excluding hydrogens is 327 g/mol. The highest BCUT2D eigenvalue weighted by atomic mass is 35.5. The summed E-state index contributed by atoms with van der Waals surface area (Å²) in [6.45, 7) is 7.49. The van der Waals surface area contributed by atoms with Gasteiger partial charge in [0, 0.05) is 17.7 Å². The van der Waals surface area contributed by atoms with Gasteiger partial charge in [-0.15, -0.1) is 0 Å². The van der Waals surface area contributed by atoms with E-state index in [0.717, 1.165) is 6.07 Å². The summed E-state index contributed by atoms with van der Waals surface area (Å²) >= 11 is 5.89. The summed E-state index contributed by atoms with van der Waals surface area (Å²) in [5.41, 5.74) is -1.98. The monoisotopic (exact) mass is 348 g/mol. The Balaban J connectivity index is 2.88. The molecule has 0 fully saturated rings. The highest BCUT2D eigenvalue weighted by Crippen LogP contribution is 2.35. The largest absolute Gasteiger partial charge is 0.427 e. The van der Waals surface area contributed by atoms with Gasteiger partial charge >= 0.3 is 13.7 Å². The van der Waals surface area contributed by atoms with Gasteiger partial charge in [0.15, 0.2) is 0 Å². The molecule has 2 nitrogen and oxygen atoms in total. The van der Waals surface area contributed by atoms with E-state index in [1.54, 1.807) is 7.11 Å². The van der Waals surface area contributed by atoms with Gasteiger partial charge in [0.25, 0.3) is 0 Å². The SMILES string of the molecule is COC(C)(C)C(C)(C)OB/C=C/c1c(Cl)cccc1C(F)(F)F. The Hall–Kier alpha value is -0.975. The molecule has 0 heterocycles. The molecule has 0 spiro atoms. The average molecular weight is 349 g/mol. The minimum absolute atomic E-state index is 0.0487. The van der Waals surface area contributed by atoms with Crippen molar-refractivity contribution in [1.29, 1.82) is 0 Å². The van der Waals surface area contributed by atoms with E-state index in [-0.39, 0.29) is 18.1 Å². The van der Waals surface area contributed by atoms with Gasteiger partial charge in [-0.25, -0.2) is 0 Å². The summed E-state index contributed by atoms with van der Waals surface area (Å²) in [5, 5.41) is 0.0487. The fourth-order valence-corrected chi connectivity index (χ4v) is 2.03. The van der Waals surface area contributed by atoms with Crippen molar-refractivity contribution in [2.75, 3.05) is 7.11 Å². The van der Waals surface area contributed by atoms with Crippen LogP contribution in [0.2, 0.25) is 5.02 Å². The first kappa shape index (κ1) is 20.1. The number of benzene rings is 1. The number of hydrogen-bond acceptors (Lipinski definition) is 2. The van der Waals surface area contributed by atoms with Crippen LogP contribution in [-0.4, -0.2) is 25.8 Å². The van der Waals surface area contributed by atoms with E-state index in [9.17, 15) is 13.2 Å². The molecule has 0 bridgehead atoms. The molecule has 23 heavy (non-hydrogen) atoms. The van der Waals surface area contributed by atoms with E-state index in [2.05, 4.69) is 0 Å². The van der Waals surface area contributed by atoms with Crippen LogP contribution in [0.25, 0.3) is 6.08 Å². The Labute approximate surface area is 140 Å². The van der Waals surface area contributed by atoms with Crippen LogP contribution in [0.1, 0.15) is 38.8 Å². The lowest BCUT2D eigenvalue weighted by molar-refractivity contribution is -0.137. The molecular formula is C16H21BClF3O2. The maximum Gasteiger partial charge on any atom is 0.417 e. The van der Waals surface area contributed by atoms with Crippen molar-refractivity contribution in [1.82, 2.24) is 0 Å². The second-order valence-corrected chi connectivity index (χ2v) is 6.54. The molecule has 1 aromatic rings. The maximum absolute atomic E-state index is 13.0. The fraction of sp³-hybridized carbons (Fsp3) is 0.500. The molecule has 1 rings (SSSR count). The average Bonchev–Trinajstić information content (AvgIpc) is 2.43. The molecule has 0 radical (unpaired) electrons. The minimum atomic E-state index is -4.46. The van der Waals surface area contributed by atoms with Crippen molar-refractivity contribution < 1.29 is 22.6 Å². The molecule has 7 heteroatoms. The van der Waals surface area contributed by atoms with Crippen LogP contribution < -0.4 is 0 Å². The molecule has 0 amide bonds. The Morgan fingerprint density at radius 1 is 1.09 bits per heavy atom. The Morgan fingerprint density at radius 3 is 2.22 bits per heavy atom. The Bertz CT molecular complexity index is 569. The minimum Gasteiger partial charge on any atom is -0.427 e. The van der Waals surface area contributed by atoms with Gasteiger partial charge in [-0.05, 0) is 39.8 Å². The lowest BCUT2D eigenvalue weighted by Gasteiger charge is -2.40. The van der Waals surface area contributed by atoms with Gasteiger partial charge in [-0.3, -0.25) is 0 Å². The van der Waals surface area contributed by atoms with E-state index in [1.807, 2.05) is 27.7 Å². The third-order valence-electron chi connectivity index (χ3n) is 4.14. The number of alkyl halides is 3. The summed E-state index contributed by atoms with van der Waals surface area (Å²) < 4.78 is 50.1. The number of rotatable bonds is 6. The molecule has 0 aromatic heterocycles. The molecule has 1 aromatic carbocycles. The van der Waals surface area contributed by atoms with Crippen LogP contribution in [0, 0.1) is 0 Å². The summed E-state index contributed by atoms with van der Waals surface area (Å²) in [7, 11) is 1.72. The summed E-state index contributed by atoms with van der Waals surface area (Å²) in [4.78, 5) is 0. The highest BCUT2D eigenvalue weighted by Gasteiger charge is 2.37. The highest BCUT2D eigenvalue weighted by molar-refractivity contribution is 6.36. The number of halogens is 4. The van der Waals surface area contributed by atoms with Crippen molar-refractivity contribution in [3.05, 3.63) is 40.3 Å². The third-order valence-corrected chi connectivity index (χ3v) is 4.47. The number of ether oxygens (including phenoxy) is 1. The van der Waals surface area contributed by atoms with E-state index >= 15 is 0 Å². The van der Waals surface area contributed by atoms with Crippen molar-refractivity contribution in [2.24, 2.45) is 0 Å². The first-order valence-corrected chi connectivity index (χ1v) is 7.51. The standard InChI is InChI=1S/C16H21BClF3O2/c1-14(2,22-5)15(3,4)23-17-10-9-11-12(16(19,20)21)7-6-8-13(11)18/h6-10,17H,1-5H3/b10-9+. The smallest absolute Gasteiger partial charge is 0.417 e. The van der Waals surface area contributed by atoms with Crippen LogP contribution in [-0.2, 0) is 15.6 Å². The predicted molar refractivity (Wildman–Crippen MR) is 88.9 cm³/mol. The van der Waals surface area contributed by atoms with Crippen molar-refractivity contribution in [3.8, 4) is 0 Å². The summed E-state index contributed by atoms with van der Waals surface area (Å²) in [5.74, 6) is 1.52. The van der Waals surface area contributed by atoms with Crippen molar-refractivity contribution >= 4 is 25.2 Å². The van der Waals surface area contributed by atoms with E-state index in [0.29, 0.717) is 0 Å². The van der Waals surface area contributed by atoms with Crippen LogP contribution in [0.4, 0.5) is 13.2 Å². The lowest BCUT2D eigenvalue weighted by atomic mass is 9.86. The van der Waals surface area contributed by atoms with Gasteiger partial charge in [-0.2, -0.15) is 13.2 Å². The van der Waals surface area contributed by atoms with Gasteiger partial charge in [0.1, 0.15) is 0 Å². The van der Waals surface area contributed by atoms with Gasteiger partial charge in [0.05, 0.1) is 16.8 Å². The topological polar surface area (TPSA) is 18.5 Å². The zero-order valence-electron chi connectivity index (χ0n) is 13.9. The predicted octanol–water partition coefficient (Wildman–Crippen LogP) is 4.90. The van der Waals surface area contributed by atoms with Crippen LogP contribution in [0.15, 0.2) is 24.2 Å². The van der Waals surface area contributed by atoms with Crippen LogP contribution in [0.5, 0.6) is 0 Å². The van der Waals surface area contributed by atoms with Crippen molar-refractivity contribution in [3.63, 3.8) is 0 Å². The van der Waals surface area contributed by atoms with Crippen LogP contribution in [0.3, 0.4) is 0 Å². The molecule has 0 aliphatic heterocycles. The van der Waals surface area contributed by atoms with Gasteiger partial charge in [-0.1, -0.05) is 29.7 Å². The molecule has 0 atom stereocenters. The summed E-state index contributed by atoms with van der Waals surface area (Å²) in [6.07, 6.45) is -3.12. The maximum atomic E-state index is 13.0. The normalized spacial score (nSPS) is 13.6. The van der Waals surface area contributed by atoms with Gasteiger partial charge < -0.3 is 9.39 Å². The van der Waals surface area contributed by atoms with E-state index in [4.69, 9.17) is 21.0 Å². The number of hydrogen-bond donors (Lipinski definition) is 0. The molecule has 0 N–H and O–H groups in total. The molecule has 0 unspecified atom stereocenters. The van der Waals surface area contributed by atoms with Crippen molar-refractivity contribution in [2.45, 2.75) is 45.1 Å². The fourth-order valence-electron chi connectivity index (χ4n) is 1.80. The molecule has 0 saturated carbocycles. The Kier molecular flexibility index (Phi) is 6.35. The Morgan fingerprint density at radius 2 is 1.70 bits per heavy atom. The lowest BCUT2D eigenvalue weighted by Crippen LogP contribution is -2.49. The first-order valence-electron chi connectivity index (χ1n) is 7.14. The third kappa shape index (κ3) is 5.00. The molecule has 0 saturated heterocycles. The number of methoxy groups -OCH3 is 1.